The number of β-amino-alcohol motifs (C(OH)–C–C–N with tert-alkyl or cyclic N) is 1. The van der Waals surface area contributed by atoms with Crippen LogP contribution in [-0.2, 0) is 12.8 Å². The van der Waals surface area contributed by atoms with Gasteiger partial charge < -0.3 is 25.1 Å². The van der Waals surface area contributed by atoms with Gasteiger partial charge in [-0.1, -0.05) is 70.2 Å². The lowest BCUT2D eigenvalue weighted by atomic mass is 9.94. The fourth-order valence-corrected chi connectivity index (χ4v) is 11.1. The lowest BCUT2D eigenvalue weighted by Gasteiger charge is -2.44. The summed E-state index contributed by atoms with van der Waals surface area (Å²) in [7, 11) is 0. The molecule has 62 heavy (non-hydrogen) atoms. The first-order valence-electron chi connectivity index (χ1n) is 23.3. The average Bonchev–Trinajstić information content (AvgIpc) is 3.97. The van der Waals surface area contributed by atoms with Crippen LogP contribution in [0.25, 0.3) is 66.6 Å². The number of anilines is 1. The number of piperidine rings is 2. The molecule has 9 rings (SSSR count). The topological polar surface area (TPSA) is 104 Å². The highest BCUT2D eigenvalue weighted by atomic mass is 16.3. The molecule has 8 heteroatoms. The maximum absolute atomic E-state index is 11.4. The van der Waals surface area contributed by atoms with Crippen LogP contribution in [0.2, 0.25) is 0 Å². The second kappa shape index (κ2) is 17.1. The molecule has 5 aromatic rings. The van der Waals surface area contributed by atoms with Crippen molar-refractivity contribution < 1.29 is 10.2 Å². The monoisotopic (exact) mass is 829 g/mol. The number of aliphatic hydroxyl groups is 2. The Morgan fingerprint density at radius 3 is 1.58 bits per heavy atom. The van der Waals surface area contributed by atoms with Crippen LogP contribution in [0.15, 0.2) is 66.7 Å². The molecule has 0 amide bonds. The van der Waals surface area contributed by atoms with Crippen molar-refractivity contribution in [2.24, 2.45) is 0 Å². The lowest BCUT2D eigenvalue weighted by molar-refractivity contribution is -0.000120. The van der Waals surface area contributed by atoms with Crippen LogP contribution >= 0.6 is 0 Å². The smallest absolute Gasteiger partial charge is 0.0870 e. The standard InChI is InChI=1S/C54H64N6O2/c1-9-39-31(5)51-49(35-16-14-13-15-17-35)52-32(6)40(10-2)44(56-52)29-46-42(12-4)34(8)54(58-46)50(53-33(7)41(11-3)45(57-53)28-43(39)55-51)36-18-20-37(21-19-36)60-27-24-47(48(62)30-60)59-25-22-38(61)23-26-59/h13-21,28-29,38,47-48,55,58,61-62H,9-12,22-27,30H2,1-8H3/t47-,48-/m1/s1. The SMILES string of the molecule is CCC1=C(C)c2nc1cc1[nH]c(c(C)c1CC)c(-c1ccccc1)c1nc(cc3[nH]c(c(C)c3CC)c2-c2ccc(N3CC[C@@H](N4CCC(O)CC4)[C@H](O)C3)cc2)C(CC)=C1C. The van der Waals surface area contributed by atoms with Crippen LogP contribution in [0.5, 0.6) is 0 Å². The summed E-state index contributed by atoms with van der Waals surface area (Å²) in [6.45, 7) is 21.2. The van der Waals surface area contributed by atoms with E-state index in [1.54, 1.807) is 0 Å². The summed E-state index contributed by atoms with van der Waals surface area (Å²) < 4.78 is 0. The molecular formula is C54H64N6O2. The third kappa shape index (κ3) is 7.24. The number of hydrogen-bond acceptors (Lipinski definition) is 6. The summed E-state index contributed by atoms with van der Waals surface area (Å²) in [5.41, 5.74) is 24.1. The van der Waals surface area contributed by atoms with Crippen molar-refractivity contribution in [2.75, 3.05) is 31.1 Å². The van der Waals surface area contributed by atoms with Crippen molar-refractivity contribution in [1.29, 1.82) is 0 Å². The van der Waals surface area contributed by atoms with Crippen LogP contribution in [0.1, 0.15) is 119 Å². The number of likely N-dealkylation sites (tertiary alicyclic amines) is 1. The highest BCUT2D eigenvalue weighted by molar-refractivity contribution is 6.03. The first-order chi connectivity index (χ1) is 30.0. The van der Waals surface area contributed by atoms with Gasteiger partial charge in [-0.2, -0.15) is 0 Å². The third-order valence-corrected chi connectivity index (χ3v) is 14.6. The number of nitrogens with one attached hydrogen (secondary N) is 2. The zero-order chi connectivity index (χ0) is 43.4. The van der Waals surface area contributed by atoms with Crippen LogP contribution in [0.4, 0.5) is 5.69 Å². The number of benzene rings is 2. The number of aryl methyl sites for hydroxylation is 4. The van der Waals surface area contributed by atoms with E-state index in [2.05, 4.69) is 142 Å². The maximum atomic E-state index is 11.4. The number of nitrogens with zero attached hydrogens (tertiary/aromatic N) is 4. The van der Waals surface area contributed by atoms with Gasteiger partial charge in [-0.25, -0.2) is 9.97 Å². The third-order valence-electron chi connectivity index (χ3n) is 14.6. The quantitative estimate of drug-likeness (QED) is 0.124. The van der Waals surface area contributed by atoms with Crippen LogP contribution < -0.4 is 4.90 Å². The van der Waals surface area contributed by atoms with Crippen LogP contribution in [0, 0.1) is 13.8 Å². The van der Waals surface area contributed by atoms with Gasteiger partial charge in [0.15, 0.2) is 0 Å². The lowest BCUT2D eigenvalue weighted by Crippen LogP contribution is -2.56. The van der Waals surface area contributed by atoms with Gasteiger partial charge in [-0.15, -0.1) is 0 Å². The molecule has 4 aliphatic heterocycles. The van der Waals surface area contributed by atoms with Crippen molar-refractivity contribution in [3.8, 4) is 22.3 Å². The molecule has 2 aromatic carbocycles. The van der Waals surface area contributed by atoms with E-state index in [-0.39, 0.29) is 12.1 Å². The molecule has 0 saturated carbocycles. The van der Waals surface area contributed by atoms with Crippen molar-refractivity contribution in [1.82, 2.24) is 24.8 Å². The van der Waals surface area contributed by atoms with Crippen molar-refractivity contribution in [3.63, 3.8) is 0 Å². The van der Waals surface area contributed by atoms with Gasteiger partial charge in [0.05, 0.1) is 46.0 Å². The minimum atomic E-state index is -0.441. The summed E-state index contributed by atoms with van der Waals surface area (Å²) in [5.74, 6) is 0. The Hall–Kier alpha value is -5.28. The molecular weight excluding hydrogens is 765 g/mol. The highest BCUT2D eigenvalue weighted by Crippen LogP contribution is 2.44. The molecule has 3 aromatic heterocycles. The molecule has 0 aliphatic carbocycles. The van der Waals surface area contributed by atoms with E-state index >= 15 is 0 Å². The van der Waals surface area contributed by atoms with Crippen LogP contribution in [-0.4, -0.2) is 79.5 Å². The maximum Gasteiger partial charge on any atom is 0.0870 e. The number of H-pyrrole nitrogens is 2. The Balaban J connectivity index is 1.28. The van der Waals surface area contributed by atoms with Gasteiger partial charge in [-0.05, 0) is 153 Å². The molecule has 0 radical (unpaired) electrons. The summed E-state index contributed by atoms with van der Waals surface area (Å²) in [6.07, 6.45) is 5.33. The molecule has 0 unspecified atom stereocenters. The number of fused-ring (bicyclic) bond motifs is 8. The van der Waals surface area contributed by atoms with Gasteiger partial charge in [-0.3, -0.25) is 4.90 Å². The van der Waals surface area contributed by atoms with E-state index in [0.29, 0.717) is 6.54 Å². The molecule has 0 spiro atoms. The minimum Gasteiger partial charge on any atom is -0.393 e. The van der Waals surface area contributed by atoms with E-state index in [0.717, 1.165) is 137 Å². The van der Waals surface area contributed by atoms with Crippen molar-refractivity contribution >= 4 is 50.0 Å². The van der Waals surface area contributed by atoms with Gasteiger partial charge in [0.1, 0.15) is 0 Å². The first kappa shape index (κ1) is 42.0. The molecule has 7 heterocycles. The van der Waals surface area contributed by atoms with Gasteiger partial charge in [0.25, 0.3) is 0 Å². The summed E-state index contributed by atoms with van der Waals surface area (Å²) in [4.78, 5) is 23.9. The Kier molecular flexibility index (Phi) is 11.6. The molecule has 2 atom stereocenters. The zero-order valence-electron chi connectivity index (χ0n) is 38.0. The summed E-state index contributed by atoms with van der Waals surface area (Å²) in [6, 6.07) is 24.5. The predicted molar refractivity (Wildman–Crippen MR) is 259 cm³/mol. The molecule has 322 valence electrons. The summed E-state index contributed by atoms with van der Waals surface area (Å²) >= 11 is 0. The predicted octanol–water partition coefficient (Wildman–Crippen LogP) is 11.5. The van der Waals surface area contributed by atoms with E-state index in [1.807, 2.05) is 0 Å². The van der Waals surface area contributed by atoms with Crippen LogP contribution in [0.3, 0.4) is 0 Å². The largest absolute Gasteiger partial charge is 0.393 e. The fraction of sp³-hybridized carbons (Fsp3) is 0.407. The molecule has 8 bridgehead atoms. The Morgan fingerprint density at radius 2 is 1.11 bits per heavy atom. The van der Waals surface area contributed by atoms with Gasteiger partial charge >= 0.3 is 0 Å². The number of hydrogen-bond donors (Lipinski definition) is 4. The second-order valence-electron chi connectivity index (χ2n) is 17.9. The molecule has 4 aliphatic rings. The van der Waals surface area contributed by atoms with E-state index in [4.69, 9.17) is 9.97 Å². The molecule has 8 nitrogen and oxygen atoms in total. The number of aliphatic hydroxyl groups excluding tert-OH is 2. The Morgan fingerprint density at radius 1 is 0.613 bits per heavy atom. The number of rotatable bonds is 8. The number of aromatic amines is 2. The summed E-state index contributed by atoms with van der Waals surface area (Å²) in [5, 5.41) is 21.5. The van der Waals surface area contributed by atoms with E-state index < -0.39 is 6.10 Å². The molecule has 2 saturated heterocycles. The van der Waals surface area contributed by atoms with Gasteiger partial charge in [0, 0.05) is 60.1 Å². The normalized spacial score (nSPS) is 19.0. The first-order valence-corrected chi connectivity index (χ1v) is 23.3. The van der Waals surface area contributed by atoms with E-state index in [1.165, 1.54) is 44.5 Å². The van der Waals surface area contributed by atoms with Crippen molar-refractivity contribution in [2.45, 2.75) is 119 Å². The highest BCUT2D eigenvalue weighted by Gasteiger charge is 2.34. The molecule has 4 N–H and O–H groups in total. The number of aromatic nitrogens is 4. The van der Waals surface area contributed by atoms with E-state index in [9.17, 15) is 10.2 Å². The number of allylic oxidation sites excluding steroid dienone is 4. The minimum absolute atomic E-state index is 0.137. The Bertz CT molecular complexity index is 2750. The average molecular weight is 829 g/mol. The fourth-order valence-electron chi connectivity index (χ4n) is 11.1. The molecule has 2 fully saturated rings. The second-order valence-corrected chi connectivity index (χ2v) is 17.9. The van der Waals surface area contributed by atoms with Crippen molar-refractivity contribution in [3.05, 3.63) is 112 Å². The van der Waals surface area contributed by atoms with Gasteiger partial charge in [0.2, 0.25) is 0 Å². The zero-order valence-corrected chi connectivity index (χ0v) is 38.0. The Labute approximate surface area is 367 Å².